The molecule has 3 rings (SSSR count). The molecule has 2 N–H and O–H groups in total. The van der Waals surface area contributed by atoms with Crippen LogP contribution in [-0.4, -0.2) is 29.0 Å². The SMILES string of the molecule is O=C(Nc1cnn(C2CCOCC2)c1)Nc1c(F)cccc1F. The van der Waals surface area contributed by atoms with Crippen LogP contribution in [0.2, 0.25) is 0 Å². The van der Waals surface area contributed by atoms with Crippen molar-refractivity contribution in [3.8, 4) is 0 Å². The lowest BCUT2D eigenvalue weighted by Crippen LogP contribution is -2.21. The molecule has 122 valence electrons. The molecule has 0 atom stereocenters. The van der Waals surface area contributed by atoms with E-state index >= 15 is 0 Å². The molecule has 0 unspecified atom stereocenters. The van der Waals surface area contributed by atoms with Gasteiger partial charge in [-0.1, -0.05) is 6.07 Å². The Kier molecular flexibility index (Phi) is 4.52. The molecule has 0 saturated carbocycles. The van der Waals surface area contributed by atoms with Crippen molar-refractivity contribution in [2.24, 2.45) is 0 Å². The summed E-state index contributed by atoms with van der Waals surface area (Å²) in [6, 6.07) is 2.86. The molecule has 8 heteroatoms. The smallest absolute Gasteiger partial charge is 0.323 e. The summed E-state index contributed by atoms with van der Waals surface area (Å²) in [5.74, 6) is -1.67. The first-order chi connectivity index (χ1) is 11.1. The number of ether oxygens (including phenoxy) is 1. The normalized spacial score (nSPS) is 15.4. The first-order valence-electron chi connectivity index (χ1n) is 7.27. The fourth-order valence-electron chi connectivity index (χ4n) is 2.45. The number of carbonyl (C=O) groups is 1. The Morgan fingerprint density at radius 2 is 1.91 bits per heavy atom. The third-order valence-corrected chi connectivity index (χ3v) is 3.63. The number of benzene rings is 1. The number of urea groups is 1. The van der Waals surface area contributed by atoms with E-state index in [-0.39, 0.29) is 6.04 Å². The van der Waals surface area contributed by atoms with E-state index in [0.717, 1.165) is 25.0 Å². The second kappa shape index (κ2) is 6.74. The van der Waals surface area contributed by atoms with Crippen molar-refractivity contribution in [1.82, 2.24) is 9.78 Å². The molecule has 0 spiro atoms. The maximum Gasteiger partial charge on any atom is 0.323 e. The van der Waals surface area contributed by atoms with E-state index in [0.29, 0.717) is 18.9 Å². The van der Waals surface area contributed by atoms with Crippen molar-refractivity contribution < 1.29 is 18.3 Å². The second-order valence-electron chi connectivity index (χ2n) is 5.23. The molecule has 1 saturated heterocycles. The van der Waals surface area contributed by atoms with Crippen LogP contribution >= 0.6 is 0 Å². The zero-order chi connectivity index (χ0) is 16.2. The minimum atomic E-state index is -0.835. The molecule has 0 bridgehead atoms. The summed E-state index contributed by atoms with van der Waals surface area (Å²) in [6.07, 6.45) is 4.89. The fraction of sp³-hybridized carbons (Fsp3) is 0.333. The van der Waals surface area contributed by atoms with Gasteiger partial charge in [-0.05, 0) is 25.0 Å². The minimum Gasteiger partial charge on any atom is -0.381 e. The number of carbonyl (C=O) groups excluding carboxylic acids is 1. The van der Waals surface area contributed by atoms with Crippen LogP contribution in [0.4, 0.5) is 25.0 Å². The van der Waals surface area contributed by atoms with Gasteiger partial charge in [0.1, 0.15) is 17.3 Å². The highest BCUT2D eigenvalue weighted by Crippen LogP contribution is 2.22. The third kappa shape index (κ3) is 3.65. The maximum atomic E-state index is 13.5. The minimum absolute atomic E-state index is 0.228. The zero-order valence-electron chi connectivity index (χ0n) is 12.3. The first-order valence-corrected chi connectivity index (χ1v) is 7.27. The Balaban J connectivity index is 1.63. The van der Waals surface area contributed by atoms with Crippen molar-refractivity contribution in [3.05, 3.63) is 42.2 Å². The van der Waals surface area contributed by atoms with Gasteiger partial charge in [0.2, 0.25) is 0 Å². The number of aromatic nitrogens is 2. The average molecular weight is 322 g/mol. The Bertz CT molecular complexity index is 678. The van der Waals surface area contributed by atoms with Crippen LogP contribution in [0.3, 0.4) is 0 Å². The highest BCUT2D eigenvalue weighted by Gasteiger charge is 2.17. The lowest BCUT2D eigenvalue weighted by atomic mass is 10.1. The molecule has 23 heavy (non-hydrogen) atoms. The van der Waals surface area contributed by atoms with E-state index in [1.807, 2.05) is 0 Å². The molecule has 2 aromatic rings. The molecule has 1 aliphatic rings. The Hall–Kier alpha value is -2.48. The number of hydrogen-bond acceptors (Lipinski definition) is 3. The standard InChI is InChI=1S/C15H16F2N4O2/c16-12-2-1-3-13(17)14(12)20-15(22)19-10-8-18-21(9-10)11-4-6-23-7-5-11/h1-3,8-9,11H,4-7H2,(H2,19,20,22). The van der Waals surface area contributed by atoms with Gasteiger partial charge in [-0.25, -0.2) is 13.6 Å². The number of anilines is 2. The average Bonchev–Trinajstić information content (AvgIpc) is 3.00. The van der Waals surface area contributed by atoms with Crippen molar-refractivity contribution >= 4 is 17.4 Å². The van der Waals surface area contributed by atoms with E-state index in [1.54, 1.807) is 10.9 Å². The van der Waals surface area contributed by atoms with Gasteiger partial charge >= 0.3 is 6.03 Å². The maximum absolute atomic E-state index is 13.5. The highest BCUT2D eigenvalue weighted by atomic mass is 19.1. The summed E-state index contributed by atoms with van der Waals surface area (Å²) in [7, 11) is 0. The molecule has 2 amide bonds. The van der Waals surface area contributed by atoms with E-state index in [4.69, 9.17) is 4.74 Å². The molecular formula is C15H16F2N4O2. The van der Waals surface area contributed by atoms with E-state index in [2.05, 4.69) is 15.7 Å². The summed E-state index contributed by atoms with van der Waals surface area (Å²) >= 11 is 0. The van der Waals surface area contributed by atoms with Gasteiger partial charge in [-0.3, -0.25) is 4.68 Å². The highest BCUT2D eigenvalue weighted by molar-refractivity contribution is 5.99. The number of para-hydroxylation sites is 1. The van der Waals surface area contributed by atoms with Crippen LogP contribution in [0.1, 0.15) is 18.9 Å². The molecule has 1 fully saturated rings. The van der Waals surface area contributed by atoms with Gasteiger partial charge in [-0.15, -0.1) is 0 Å². The number of nitrogens with zero attached hydrogens (tertiary/aromatic N) is 2. The number of nitrogens with one attached hydrogen (secondary N) is 2. The molecule has 1 aromatic heterocycles. The van der Waals surface area contributed by atoms with Crippen LogP contribution in [0.15, 0.2) is 30.6 Å². The molecule has 1 aromatic carbocycles. The van der Waals surface area contributed by atoms with E-state index in [9.17, 15) is 13.6 Å². The lowest BCUT2D eigenvalue weighted by molar-refractivity contribution is 0.0662. The topological polar surface area (TPSA) is 68.2 Å². The molecule has 0 radical (unpaired) electrons. The van der Waals surface area contributed by atoms with Crippen molar-refractivity contribution in [2.75, 3.05) is 23.8 Å². The van der Waals surface area contributed by atoms with Crippen molar-refractivity contribution in [1.29, 1.82) is 0 Å². The molecule has 1 aliphatic heterocycles. The predicted octanol–water partition coefficient (Wildman–Crippen LogP) is 3.16. The lowest BCUT2D eigenvalue weighted by Gasteiger charge is -2.22. The summed E-state index contributed by atoms with van der Waals surface area (Å²) in [4.78, 5) is 11.9. The van der Waals surface area contributed by atoms with Gasteiger partial charge < -0.3 is 15.4 Å². The fourth-order valence-corrected chi connectivity index (χ4v) is 2.45. The van der Waals surface area contributed by atoms with E-state index < -0.39 is 23.4 Å². The predicted molar refractivity (Wildman–Crippen MR) is 80.3 cm³/mol. The van der Waals surface area contributed by atoms with Gasteiger partial charge in [0.05, 0.1) is 17.9 Å². The van der Waals surface area contributed by atoms with Crippen LogP contribution in [-0.2, 0) is 4.74 Å². The third-order valence-electron chi connectivity index (χ3n) is 3.63. The number of amides is 2. The van der Waals surface area contributed by atoms with Crippen molar-refractivity contribution in [3.63, 3.8) is 0 Å². The van der Waals surface area contributed by atoms with Crippen LogP contribution < -0.4 is 10.6 Å². The largest absolute Gasteiger partial charge is 0.381 e. The quantitative estimate of drug-likeness (QED) is 0.912. The van der Waals surface area contributed by atoms with Gasteiger partial charge in [-0.2, -0.15) is 5.10 Å². The van der Waals surface area contributed by atoms with Gasteiger partial charge in [0.25, 0.3) is 0 Å². The number of rotatable bonds is 3. The van der Waals surface area contributed by atoms with Crippen LogP contribution in [0.25, 0.3) is 0 Å². The summed E-state index contributed by atoms with van der Waals surface area (Å²) < 4.78 is 34.0. The Morgan fingerprint density at radius 1 is 1.22 bits per heavy atom. The number of halogens is 2. The van der Waals surface area contributed by atoms with Gasteiger partial charge in [0.15, 0.2) is 0 Å². The first kappa shape index (κ1) is 15.4. The second-order valence-corrected chi connectivity index (χ2v) is 5.23. The van der Waals surface area contributed by atoms with E-state index in [1.165, 1.54) is 12.3 Å². The van der Waals surface area contributed by atoms with Gasteiger partial charge in [0, 0.05) is 19.4 Å². The number of hydrogen-bond donors (Lipinski definition) is 2. The van der Waals surface area contributed by atoms with Crippen LogP contribution in [0.5, 0.6) is 0 Å². The summed E-state index contributed by atoms with van der Waals surface area (Å²) in [5.41, 5.74) is -0.0347. The van der Waals surface area contributed by atoms with Crippen LogP contribution in [0, 0.1) is 11.6 Å². The zero-order valence-corrected chi connectivity index (χ0v) is 12.3. The van der Waals surface area contributed by atoms with Crippen molar-refractivity contribution in [2.45, 2.75) is 18.9 Å². The monoisotopic (exact) mass is 322 g/mol. The molecule has 0 aliphatic carbocycles. The molecule has 2 heterocycles. The molecule has 6 nitrogen and oxygen atoms in total. The summed E-state index contributed by atoms with van der Waals surface area (Å²) in [5, 5.41) is 8.87. The Morgan fingerprint density at radius 3 is 2.61 bits per heavy atom. The Labute approximate surface area is 131 Å². The molecular weight excluding hydrogens is 306 g/mol. The summed E-state index contributed by atoms with van der Waals surface area (Å²) in [6.45, 7) is 1.36.